The normalized spacial score (nSPS) is 17.4. The van der Waals surface area contributed by atoms with Gasteiger partial charge in [0.2, 0.25) is 5.91 Å². The fraction of sp³-hybridized carbons (Fsp3) is 0.500. The molecule has 1 aliphatic heterocycles. The first-order valence-corrected chi connectivity index (χ1v) is 8.97. The number of carbonyl (C=O) groups is 1. The second kappa shape index (κ2) is 7.40. The fourth-order valence-corrected chi connectivity index (χ4v) is 3.38. The summed E-state index contributed by atoms with van der Waals surface area (Å²) in [7, 11) is 0. The number of fused-ring (bicyclic) bond motifs is 1. The zero-order chi connectivity index (χ0) is 18.0. The van der Waals surface area contributed by atoms with E-state index in [1.807, 2.05) is 45.0 Å². The molecule has 1 amide bonds. The number of rotatable bonds is 5. The highest BCUT2D eigenvalue weighted by molar-refractivity contribution is 5.82. The lowest BCUT2D eigenvalue weighted by molar-refractivity contribution is -0.136. The molecule has 5 heteroatoms. The van der Waals surface area contributed by atoms with Crippen molar-refractivity contribution < 1.29 is 9.53 Å². The van der Waals surface area contributed by atoms with Crippen LogP contribution in [0, 0.1) is 12.8 Å². The highest BCUT2D eigenvalue weighted by Gasteiger charge is 2.25. The summed E-state index contributed by atoms with van der Waals surface area (Å²) in [6.45, 7) is 7.37. The summed E-state index contributed by atoms with van der Waals surface area (Å²) in [5.74, 6) is -0.0533. The number of nitrogens with zero attached hydrogens (tertiary/aromatic N) is 1. The van der Waals surface area contributed by atoms with Crippen molar-refractivity contribution in [1.82, 2.24) is 9.88 Å². The largest absolute Gasteiger partial charge is 0.376 e. The second-order valence-corrected chi connectivity index (χ2v) is 7.17. The van der Waals surface area contributed by atoms with Crippen LogP contribution in [0.2, 0.25) is 0 Å². The predicted octanol–water partition coefficient (Wildman–Crippen LogP) is 3.00. The van der Waals surface area contributed by atoms with Crippen molar-refractivity contribution in [3.8, 4) is 0 Å². The molecule has 1 atom stereocenters. The molecule has 2 aromatic rings. The molecule has 5 nitrogen and oxygen atoms in total. The molecule has 0 radical (unpaired) electrons. The van der Waals surface area contributed by atoms with Gasteiger partial charge in [-0.25, -0.2) is 0 Å². The van der Waals surface area contributed by atoms with Gasteiger partial charge in [-0.15, -0.1) is 0 Å². The van der Waals surface area contributed by atoms with Gasteiger partial charge in [0.15, 0.2) is 0 Å². The highest BCUT2D eigenvalue weighted by Crippen LogP contribution is 2.19. The molecule has 0 aliphatic carbocycles. The van der Waals surface area contributed by atoms with E-state index in [0.717, 1.165) is 35.9 Å². The monoisotopic (exact) mass is 342 g/mol. The van der Waals surface area contributed by atoms with E-state index in [9.17, 15) is 9.59 Å². The van der Waals surface area contributed by atoms with E-state index in [4.69, 9.17) is 4.74 Å². The molecule has 0 spiro atoms. The molecule has 3 rings (SSSR count). The number of para-hydroxylation sites is 1. The third kappa shape index (κ3) is 3.93. The first-order valence-electron chi connectivity index (χ1n) is 8.97. The van der Waals surface area contributed by atoms with E-state index < -0.39 is 0 Å². The van der Waals surface area contributed by atoms with Crippen LogP contribution in [0.3, 0.4) is 0 Å². The average Bonchev–Trinajstić information content (AvgIpc) is 3.08. The van der Waals surface area contributed by atoms with Gasteiger partial charge in [-0.1, -0.05) is 32.0 Å². The van der Waals surface area contributed by atoms with Crippen molar-refractivity contribution in [2.75, 3.05) is 13.2 Å². The first kappa shape index (κ1) is 17.7. The molecule has 1 aromatic heterocycles. The molecule has 1 aliphatic rings. The molecule has 0 saturated carbocycles. The third-order valence-corrected chi connectivity index (χ3v) is 4.78. The summed E-state index contributed by atoms with van der Waals surface area (Å²) in [6.07, 6.45) is 2.07. The number of H-pyrrole nitrogens is 1. The van der Waals surface area contributed by atoms with Crippen molar-refractivity contribution in [3.05, 3.63) is 45.7 Å². The van der Waals surface area contributed by atoms with Crippen molar-refractivity contribution >= 4 is 16.8 Å². The Hall–Kier alpha value is -2.14. The summed E-state index contributed by atoms with van der Waals surface area (Å²) in [5.41, 5.74) is 2.38. The SMILES string of the molecule is Cc1cccc2cc(CN(C[C@@H]3CCCO3)C(=O)C(C)C)c(=O)[nH]c12. The Labute approximate surface area is 148 Å². The Morgan fingerprint density at radius 2 is 2.20 bits per heavy atom. The molecule has 25 heavy (non-hydrogen) atoms. The smallest absolute Gasteiger partial charge is 0.253 e. The molecule has 1 aromatic carbocycles. The number of carbonyl (C=O) groups excluding carboxylic acids is 1. The molecule has 1 saturated heterocycles. The number of amides is 1. The number of benzene rings is 1. The van der Waals surface area contributed by atoms with Gasteiger partial charge in [0, 0.05) is 24.6 Å². The molecule has 0 bridgehead atoms. The van der Waals surface area contributed by atoms with Crippen molar-refractivity contribution in [2.24, 2.45) is 5.92 Å². The van der Waals surface area contributed by atoms with Crippen LogP contribution in [0.4, 0.5) is 0 Å². The van der Waals surface area contributed by atoms with Crippen LogP contribution >= 0.6 is 0 Å². The maximum absolute atomic E-state index is 12.6. The van der Waals surface area contributed by atoms with Crippen LogP contribution in [0.1, 0.15) is 37.8 Å². The Morgan fingerprint density at radius 3 is 2.88 bits per heavy atom. The Balaban J connectivity index is 1.90. The van der Waals surface area contributed by atoms with Gasteiger partial charge in [-0.05, 0) is 36.8 Å². The minimum Gasteiger partial charge on any atom is -0.376 e. The zero-order valence-electron chi connectivity index (χ0n) is 15.2. The Kier molecular flexibility index (Phi) is 5.23. The van der Waals surface area contributed by atoms with Gasteiger partial charge in [0.1, 0.15) is 0 Å². The predicted molar refractivity (Wildman–Crippen MR) is 98.5 cm³/mol. The van der Waals surface area contributed by atoms with Gasteiger partial charge >= 0.3 is 0 Å². The number of hydrogen-bond acceptors (Lipinski definition) is 3. The fourth-order valence-electron chi connectivity index (χ4n) is 3.38. The minimum absolute atomic E-state index is 0.0549. The highest BCUT2D eigenvalue weighted by atomic mass is 16.5. The number of nitrogens with one attached hydrogen (secondary N) is 1. The Morgan fingerprint density at radius 1 is 1.40 bits per heavy atom. The molecule has 2 heterocycles. The lowest BCUT2D eigenvalue weighted by Crippen LogP contribution is -2.40. The summed E-state index contributed by atoms with van der Waals surface area (Å²) < 4.78 is 5.69. The van der Waals surface area contributed by atoms with Gasteiger partial charge in [-0.3, -0.25) is 9.59 Å². The van der Waals surface area contributed by atoms with Crippen molar-refractivity contribution in [1.29, 1.82) is 0 Å². The van der Waals surface area contributed by atoms with Gasteiger partial charge in [-0.2, -0.15) is 0 Å². The molecule has 1 N–H and O–H groups in total. The molecule has 134 valence electrons. The maximum Gasteiger partial charge on any atom is 0.253 e. The number of ether oxygens (including phenoxy) is 1. The summed E-state index contributed by atoms with van der Waals surface area (Å²) >= 11 is 0. The standard InChI is InChI=1S/C20H26N2O3/c1-13(2)20(24)22(12-17-8-5-9-25-17)11-16-10-15-7-4-6-14(3)18(15)21-19(16)23/h4,6-7,10,13,17H,5,8-9,11-12H2,1-3H3,(H,21,23)/t17-/m0/s1. The minimum atomic E-state index is -0.129. The quantitative estimate of drug-likeness (QED) is 0.908. The van der Waals surface area contributed by atoms with Crippen LogP contribution in [-0.4, -0.2) is 35.0 Å². The number of aromatic amines is 1. The van der Waals surface area contributed by atoms with Crippen LogP contribution in [0.15, 0.2) is 29.1 Å². The van der Waals surface area contributed by atoms with Crippen LogP contribution < -0.4 is 5.56 Å². The van der Waals surface area contributed by atoms with E-state index in [1.54, 1.807) is 4.90 Å². The van der Waals surface area contributed by atoms with Gasteiger partial charge in [0.05, 0.1) is 18.2 Å². The first-order chi connectivity index (χ1) is 12.0. The molecular formula is C20H26N2O3. The van der Waals surface area contributed by atoms with E-state index in [1.165, 1.54) is 0 Å². The van der Waals surface area contributed by atoms with Crippen molar-refractivity contribution in [3.63, 3.8) is 0 Å². The van der Waals surface area contributed by atoms with E-state index >= 15 is 0 Å². The number of aryl methyl sites for hydroxylation is 1. The molecule has 1 fully saturated rings. The van der Waals surface area contributed by atoms with Gasteiger partial charge in [0.25, 0.3) is 5.56 Å². The van der Waals surface area contributed by atoms with Crippen LogP contribution in [-0.2, 0) is 16.1 Å². The number of pyridine rings is 1. The zero-order valence-corrected chi connectivity index (χ0v) is 15.2. The summed E-state index contributed by atoms with van der Waals surface area (Å²) in [5, 5.41) is 0.990. The number of aromatic nitrogens is 1. The summed E-state index contributed by atoms with van der Waals surface area (Å²) in [4.78, 5) is 29.9. The maximum atomic E-state index is 12.6. The van der Waals surface area contributed by atoms with Crippen molar-refractivity contribution in [2.45, 2.75) is 46.3 Å². The van der Waals surface area contributed by atoms with Gasteiger partial charge < -0.3 is 14.6 Å². The van der Waals surface area contributed by atoms with E-state index in [2.05, 4.69) is 4.98 Å². The average molecular weight is 342 g/mol. The van der Waals surface area contributed by atoms with E-state index in [-0.39, 0.29) is 23.5 Å². The van der Waals surface area contributed by atoms with E-state index in [0.29, 0.717) is 18.7 Å². The second-order valence-electron chi connectivity index (χ2n) is 7.17. The van der Waals surface area contributed by atoms with Crippen LogP contribution in [0.25, 0.3) is 10.9 Å². The summed E-state index contributed by atoms with van der Waals surface area (Å²) in [6, 6.07) is 7.83. The topological polar surface area (TPSA) is 62.4 Å². The Bertz CT molecular complexity index is 819. The third-order valence-electron chi connectivity index (χ3n) is 4.78. The lowest BCUT2D eigenvalue weighted by atomic mass is 10.1. The number of hydrogen-bond donors (Lipinski definition) is 1. The van der Waals surface area contributed by atoms with Crippen LogP contribution in [0.5, 0.6) is 0 Å². The lowest BCUT2D eigenvalue weighted by Gasteiger charge is -2.27. The molecule has 0 unspecified atom stereocenters. The molecular weight excluding hydrogens is 316 g/mol.